The number of benzene rings is 2. The summed E-state index contributed by atoms with van der Waals surface area (Å²) in [6.45, 7) is 0. The summed E-state index contributed by atoms with van der Waals surface area (Å²) in [6.07, 6.45) is 3.47. The molecule has 1 N–H and O–H groups in total. The van der Waals surface area contributed by atoms with Crippen molar-refractivity contribution in [1.82, 2.24) is 15.1 Å². The number of aromatic nitrogens is 2. The summed E-state index contributed by atoms with van der Waals surface area (Å²) < 4.78 is 36.6. The van der Waals surface area contributed by atoms with Crippen molar-refractivity contribution in [3.63, 3.8) is 0 Å². The van der Waals surface area contributed by atoms with Crippen molar-refractivity contribution >= 4 is 32.8 Å². The van der Waals surface area contributed by atoms with Gasteiger partial charge in [0, 0.05) is 23.2 Å². The Morgan fingerprint density at radius 1 is 1.25 bits per heavy atom. The molecular formula is C26H22N4O5S. The van der Waals surface area contributed by atoms with E-state index in [4.69, 9.17) is 9.15 Å². The van der Waals surface area contributed by atoms with Gasteiger partial charge in [0.1, 0.15) is 17.3 Å². The van der Waals surface area contributed by atoms with Crippen LogP contribution in [0.25, 0.3) is 34.2 Å². The molecule has 0 bridgehead atoms. The van der Waals surface area contributed by atoms with E-state index < -0.39 is 21.8 Å². The van der Waals surface area contributed by atoms with Crippen LogP contribution in [0.4, 0.5) is 0 Å². The lowest BCUT2D eigenvalue weighted by Gasteiger charge is -2.09. The largest absolute Gasteiger partial charge is 0.493 e. The fourth-order valence-corrected chi connectivity index (χ4v) is 5.86. The third-order valence-corrected chi connectivity index (χ3v) is 7.73. The zero-order valence-electron chi connectivity index (χ0n) is 19.3. The van der Waals surface area contributed by atoms with Gasteiger partial charge in [0.2, 0.25) is 0 Å². The summed E-state index contributed by atoms with van der Waals surface area (Å²) in [5.41, 5.74) is 2.09. The number of ether oxygens (including phenoxy) is 1. The maximum absolute atomic E-state index is 12.8. The van der Waals surface area contributed by atoms with Gasteiger partial charge in [-0.2, -0.15) is 10.4 Å². The molecule has 0 aliphatic carbocycles. The van der Waals surface area contributed by atoms with E-state index in [9.17, 15) is 18.5 Å². The van der Waals surface area contributed by atoms with Gasteiger partial charge in [0.25, 0.3) is 5.91 Å². The third-order valence-electron chi connectivity index (χ3n) is 5.96. The number of amides is 1. The van der Waals surface area contributed by atoms with E-state index in [0.29, 0.717) is 34.8 Å². The van der Waals surface area contributed by atoms with Crippen LogP contribution < -0.4 is 10.1 Å². The highest BCUT2D eigenvalue weighted by molar-refractivity contribution is 7.91. The maximum Gasteiger partial charge on any atom is 0.262 e. The predicted octanol–water partition coefficient (Wildman–Crippen LogP) is 3.50. The van der Waals surface area contributed by atoms with Crippen LogP contribution in [0, 0.1) is 11.3 Å². The lowest BCUT2D eigenvalue weighted by molar-refractivity contribution is -0.117. The van der Waals surface area contributed by atoms with Crippen molar-refractivity contribution in [1.29, 1.82) is 5.26 Å². The van der Waals surface area contributed by atoms with Gasteiger partial charge in [-0.3, -0.25) is 4.79 Å². The van der Waals surface area contributed by atoms with Crippen molar-refractivity contribution < 1.29 is 22.4 Å². The van der Waals surface area contributed by atoms with Crippen LogP contribution >= 0.6 is 0 Å². The normalized spacial score (nSPS) is 17.1. The first-order valence-corrected chi connectivity index (χ1v) is 13.0. The van der Waals surface area contributed by atoms with Crippen LogP contribution in [0.3, 0.4) is 0 Å². The summed E-state index contributed by atoms with van der Waals surface area (Å²) in [5, 5.41) is 17.9. The Labute approximate surface area is 207 Å². The minimum absolute atomic E-state index is 0.0209. The first-order chi connectivity index (χ1) is 17.4. The fraction of sp³-hybridized carbons (Fsp3) is 0.192. The van der Waals surface area contributed by atoms with Crippen molar-refractivity contribution in [2.24, 2.45) is 0 Å². The Morgan fingerprint density at radius 3 is 2.75 bits per heavy atom. The number of nitriles is 1. The second kappa shape index (κ2) is 9.36. The van der Waals surface area contributed by atoms with Crippen molar-refractivity contribution in [2.45, 2.75) is 12.5 Å². The molecule has 9 nitrogen and oxygen atoms in total. The van der Waals surface area contributed by atoms with E-state index in [0.717, 1.165) is 11.1 Å². The monoisotopic (exact) mass is 502 g/mol. The average molecular weight is 503 g/mol. The van der Waals surface area contributed by atoms with Crippen LogP contribution in [-0.2, 0) is 14.6 Å². The van der Waals surface area contributed by atoms with E-state index in [-0.39, 0.29) is 17.1 Å². The molecule has 1 aliphatic rings. The second-order valence-electron chi connectivity index (χ2n) is 8.45. The Hall–Kier alpha value is -4.36. The Morgan fingerprint density at radius 2 is 2.06 bits per heavy atom. The van der Waals surface area contributed by atoms with Gasteiger partial charge < -0.3 is 14.5 Å². The minimum Gasteiger partial charge on any atom is -0.493 e. The molecule has 0 radical (unpaired) electrons. The van der Waals surface area contributed by atoms with Crippen LogP contribution in [-0.4, -0.2) is 48.8 Å². The number of nitrogens with one attached hydrogen (secondary N) is 1. The lowest BCUT2D eigenvalue weighted by atomic mass is 10.1. The fourth-order valence-electron chi connectivity index (χ4n) is 4.19. The average Bonchev–Trinajstić information content (AvgIpc) is 3.58. The van der Waals surface area contributed by atoms with E-state index >= 15 is 0 Å². The molecule has 0 spiro atoms. The summed E-state index contributed by atoms with van der Waals surface area (Å²) in [6, 6.07) is 18.2. The molecule has 4 aromatic rings. The third kappa shape index (κ3) is 4.61. The molecule has 1 saturated heterocycles. The molecule has 1 amide bonds. The number of carbonyl (C=O) groups excluding carboxylic acids is 1. The summed E-state index contributed by atoms with van der Waals surface area (Å²) >= 11 is 0. The molecule has 182 valence electrons. The van der Waals surface area contributed by atoms with Crippen molar-refractivity contribution in [2.75, 3.05) is 18.6 Å². The van der Waals surface area contributed by atoms with Crippen LogP contribution in [0.1, 0.15) is 12.0 Å². The quantitative estimate of drug-likeness (QED) is 0.316. The first kappa shape index (κ1) is 23.4. The molecule has 10 heteroatoms. The molecule has 3 heterocycles. The van der Waals surface area contributed by atoms with Gasteiger partial charge in [-0.25, -0.2) is 13.1 Å². The maximum atomic E-state index is 12.8. The number of sulfone groups is 1. The molecule has 2 aromatic carbocycles. The number of methoxy groups -OCH3 is 1. The van der Waals surface area contributed by atoms with Gasteiger partial charge in [-0.1, -0.05) is 30.3 Å². The van der Waals surface area contributed by atoms with Gasteiger partial charge in [-0.15, -0.1) is 0 Å². The standard InChI is InChI=1S/C26H22N4O5S/c1-34-22-9-5-6-17-13-23(35-25(17)22)24-19(15-30(29-24)21-7-3-2-4-8-21)12-18(14-27)26(31)28-20-10-11-36(32,33)16-20/h2-9,12-13,15,20H,10-11,16H2,1H3,(H,28,31). The number of para-hydroxylation sites is 2. The Kier molecular flexibility index (Phi) is 6.08. The topological polar surface area (TPSA) is 127 Å². The number of hydrogen-bond donors (Lipinski definition) is 1. The number of hydrogen-bond acceptors (Lipinski definition) is 7. The van der Waals surface area contributed by atoms with Gasteiger partial charge in [0.05, 0.1) is 24.3 Å². The molecule has 1 fully saturated rings. The molecule has 2 aromatic heterocycles. The molecular weight excluding hydrogens is 480 g/mol. The summed E-state index contributed by atoms with van der Waals surface area (Å²) in [7, 11) is -1.62. The van der Waals surface area contributed by atoms with Crippen LogP contribution in [0.15, 0.2) is 70.8 Å². The summed E-state index contributed by atoms with van der Waals surface area (Å²) in [5.74, 6) is 0.268. The van der Waals surface area contributed by atoms with E-state index in [1.807, 2.05) is 54.6 Å². The predicted molar refractivity (Wildman–Crippen MR) is 134 cm³/mol. The van der Waals surface area contributed by atoms with Gasteiger partial charge in [-0.05, 0) is 36.8 Å². The molecule has 1 unspecified atom stereocenters. The number of carbonyl (C=O) groups is 1. The highest BCUT2D eigenvalue weighted by atomic mass is 32.2. The van der Waals surface area contributed by atoms with Gasteiger partial charge >= 0.3 is 0 Å². The molecule has 1 aliphatic heterocycles. The molecule has 1 atom stereocenters. The Balaban J connectivity index is 1.57. The van der Waals surface area contributed by atoms with E-state index in [1.165, 1.54) is 6.08 Å². The first-order valence-electron chi connectivity index (χ1n) is 11.2. The number of rotatable bonds is 6. The zero-order chi connectivity index (χ0) is 25.3. The van der Waals surface area contributed by atoms with Gasteiger partial charge in [0.15, 0.2) is 26.9 Å². The molecule has 0 saturated carbocycles. The highest BCUT2D eigenvalue weighted by Gasteiger charge is 2.30. The SMILES string of the molecule is COc1cccc2cc(-c3nn(-c4ccccc4)cc3C=C(C#N)C(=O)NC3CCS(=O)(=O)C3)oc12. The molecule has 5 rings (SSSR count). The van der Waals surface area contributed by atoms with Crippen LogP contribution in [0.5, 0.6) is 5.75 Å². The number of fused-ring (bicyclic) bond motifs is 1. The zero-order valence-corrected chi connectivity index (χ0v) is 20.2. The van der Waals surface area contributed by atoms with E-state index in [2.05, 4.69) is 10.4 Å². The summed E-state index contributed by atoms with van der Waals surface area (Å²) in [4.78, 5) is 12.8. The smallest absolute Gasteiger partial charge is 0.262 e. The van der Waals surface area contributed by atoms with E-state index in [1.54, 1.807) is 24.1 Å². The van der Waals surface area contributed by atoms with Crippen LogP contribution in [0.2, 0.25) is 0 Å². The molecule has 36 heavy (non-hydrogen) atoms. The number of furan rings is 1. The highest BCUT2D eigenvalue weighted by Crippen LogP contribution is 2.35. The second-order valence-corrected chi connectivity index (χ2v) is 10.7. The van der Waals surface area contributed by atoms with Crippen molar-refractivity contribution in [3.8, 4) is 29.0 Å². The Bertz CT molecular complexity index is 1630. The minimum atomic E-state index is -3.17. The van der Waals surface area contributed by atoms with Crippen molar-refractivity contribution in [3.05, 3.63) is 71.9 Å². The number of nitrogens with zero attached hydrogens (tertiary/aromatic N) is 3. The lowest BCUT2D eigenvalue weighted by Crippen LogP contribution is -2.36.